The number of hydrogen-bond acceptors (Lipinski definition) is 0. The first-order valence-corrected chi connectivity index (χ1v) is 23.0. The number of benzene rings is 2. The second kappa shape index (κ2) is 18.2. The predicted molar refractivity (Wildman–Crippen MR) is 197 cm³/mol. The van der Waals surface area contributed by atoms with Gasteiger partial charge in [0, 0.05) is 46.0 Å². The molecule has 0 amide bonds. The van der Waals surface area contributed by atoms with E-state index in [0.717, 1.165) is 35.6 Å². The van der Waals surface area contributed by atoms with Gasteiger partial charge in [-0.1, -0.05) is 39.3 Å². The summed E-state index contributed by atoms with van der Waals surface area (Å²) in [6.07, 6.45) is 20.0. The van der Waals surface area contributed by atoms with E-state index in [2.05, 4.69) is 87.9 Å². The van der Waals surface area contributed by atoms with Crippen LogP contribution in [0.4, 0.5) is 17.6 Å². The smallest absolute Gasteiger partial charge is 0.370 e. The van der Waals surface area contributed by atoms with Gasteiger partial charge in [-0.15, -0.1) is 49.2 Å². The minimum Gasteiger partial charge on any atom is -0.370 e. The number of allylic oxidation sites excluding steroid dienone is 8. The molecule has 0 N–H and O–H groups in total. The molecule has 2 nitrogen and oxygen atoms in total. The topological polar surface area (TPSA) is 9.86 Å². The number of hydrogen-bond donors (Lipinski definition) is 0. The maximum atomic E-state index is 13.9. The van der Waals surface area contributed by atoms with Crippen LogP contribution in [0.15, 0.2) is 72.9 Å². The third-order valence-corrected chi connectivity index (χ3v) is 12.1. The molecule has 2 aromatic carbocycles. The Bertz CT molecular complexity index is 1680. The Morgan fingerprint density at radius 3 is 1.12 bits per heavy atom. The summed E-state index contributed by atoms with van der Waals surface area (Å²) >= 11 is 0. The summed E-state index contributed by atoms with van der Waals surface area (Å²) in [4.78, 5) is 0. The van der Waals surface area contributed by atoms with Gasteiger partial charge in [-0.2, -0.15) is 12.2 Å². The van der Waals surface area contributed by atoms with Gasteiger partial charge in [-0.25, -0.2) is 41.9 Å². The van der Waals surface area contributed by atoms with Crippen LogP contribution in [0.3, 0.4) is 0 Å². The van der Waals surface area contributed by atoms with Gasteiger partial charge in [0.15, 0.2) is 0 Å². The van der Waals surface area contributed by atoms with E-state index >= 15 is 0 Å². The van der Waals surface area contributed by atoms with Crippen molar-refractivity contribution in [1.29, 1.82) is 0 Å². The third kappa shape index (κ3) is 11.4. The molecule has 0 bridgehead atoms. The molecule has 2 aromatic heterocycles. The van der Waals surface area contributed by atoms with E-state index in [1.807, 2.05) is 61.1 Å². The van der Waals surface area contributed by atoms with Crippen LogP contribution < -0.4 is 10.4 Å². The molecule has 2 aliphatic carbocycles. The van der Waals surface area contributed by atoms with E-state index < -0.39 is 39.4 Å². The summed E-state index contributed by atoms with van der Waals surface area (Å²) in [6.45, 7) is 21.4. The zero-order chi connectivity index (χ0) is 35.8. The number of aromatic nitrogens is 2. The van der Waals surface area contributed by atoms with Crippen molar-refractivity contribution >= 4 is 26.5 Å². The molecule has 49 heavy (non-hydrogen) atoms. The van der Waals surface area contributed by atoms with Gasteiger partial charge in [0.2, 0.25) is 0 Å². The minimum atomic E-state index is -1.48. The van der Waals surface area contributed by atoms with Crippen LogP contribution in [0.1, 0.15) is 35.6 Å². The Labute approximate surface area is 307 Å². The Kier molecular flexibility index (Phi) is 15.6. The van der Waals surface area contributed by atoms with Crippen molar-refractivity contribution in [3.63, 3.8) is 0 Å². The molecule has 9 heteroatoms. The van der Waals surface area contributed by atoms with E-state index in [9.17, 15) is 17.6 Å². The van der Waals surface area contributed by atoms with Gasteiger partial charge < -0.3 is 9.13 Å². The summed E-state index contributed by atoms with van der Waals surface area (Å²) in [5.41, 5.74) is 4.73. The molecule has 256 valence electrons. The summed E-state index contributed by atoms with van der Waals surface area (Å²) < 4.78 is 57.4. The Morgan fingerprint density at radius 1 is 0.571 bits per heavy atom. The first-order valence-electron chi connectivity index (χ1n) is 16.0. The quantitative estimate of drug-likeness (QED) is 0.112. The molecular weight excluding hydrogens is 688 g/mol. The fourth-order valence-electron chi connectivity index (χ4n) is 5.68. The molecule has 4 aromatic rings. The van der Waals surface area contributed by atoms with Crippen molar-refractivity contribution in [2.24, 2.45) is 0 Å². The molecule has 6 rings (SSSR count). The van der Waals surface area contributed by atoms with Crippen LogP contribution in [0, 0.1) is 75.2 Å². The first kappa shape index (κ1) is 42.0. The zero-order valence-corrected chi connectivity index (χ0v) is 33.8. The monoisotopic (exact) mass is 734 g/mol. The SMILES string of the molecule is Cc1cc([Si](C)(C)C)c(C)n1-c1ccc(F)[c-]c1F.Cc1cc([Si](C)(C)C)c(C)n1-c1ccc(F)[c-]c1F.[C-]1=CC=CC1.[C-]1=CC=CC1.[Ti+4]. The zero-order valence-electron chi connectivity index (χ0n) is 30.2. The van der Waals surface area contributed by atoms with Crippen LogP contribution >= 0.6 is 0 Å². The molecule has 0 saturated heterocycles. The number of rotatable bonds is 4. The summed E-state index contributed by atoms with van der Waals surface area (Å²) in [5, 5.41) is 2.60. The summed E-state index contributed by atoms with van der Waals surface area (Å²) in [6, 6.07) is 13.8. The van der Waals surface area contributed by atoms with Crippen molar-refractivity contribution < 1.29 is 39.3 Å². The van der Waals surface area contributed by atoms with Crippen molar-refractivity contribution in [2.75, 3.05) is 0 Å². The molecule has 0 aliphatic heterocycles. The Balaban J connectivity index is 0.000000260. The van der Waals surface area contributed by atoms with E-state index in [4.69, 9.17) is 0 Å². The second-order valence-electron chi connectivity index (χ2n) is 13.8. The van der Waals surface area contributed by atoms with E-state index in [1.54, 1.807) is 0 Å². The Morgan fingerprint density at radius 2 is 0.918 bits per heavy atom. The molecule has 0 fully saturated rings. The van der Waals surface area contributed by atoms with Crippen molar-refractivity contribution in [3.8, 4) is 11.4 Å². The first-order chi connectivity index (χ1) is 22.4. The van der Waals surface area contributed by atoms with Crippen LogP contribution in [-0.2, 0) is 21.7 Å². The fourth-order valence-corrected chi connectivity index (χ4v) is 9.36. The minimum absolute atomic E-state index is 0. The molecule has 0 unspecified atom stereocenters. The molecule has 0 radical (unpaired) electrons. The molecule has 2 aliphatic rings. The Hall–Kier alpha value is -3.17. The molecule has 0 spiro atoms. The fraction of sp³-hybridized carbons (Fsp3) is 0.300. The standard InChI is InChI=1S/2C15H18F2NSi.2C5H5.Ti/c2*1-10-8-15(19(3,4)5)11(2)18(10)14-7-6-12(16)9-13(14)17;2*1-2-4-5-3-1;/h2*6-8H,1-5H3;2*1-3H,4H2;/q4*-1;+4. The van der Waals surface area contributed by atoms with Gasteiger partial charge in [0.25, 0.3) is 0 Å². The van der Waals surface area contributed by atoms with Crippen LogP contribution in [0.2, 0.25) is 39.3 Å². The average molecular weight is 735 g/mol. The van der Waals surface area contributed by atoms with E-state index in [0.29, 0.717) is 11.4 Å². The normalized spacial score (nSPS) is 12.9. The van der Waals surface area contributed by atoms with Crippen LogP contribution in [0.5, 0.6) is 0 Å². The molecule has 0 atom stereocenters. The molecule has 2 heterocycles. The molecule has 0 saturated carbocycles. The van der Waals surface area contributed by atoms with Gasteiger partial charge in [0.05, 0.1) is 16.1 Å². The average Bonchev–Trinajstić information content (AvgIpc) is 3.81. The number of nitrogens with zero attached hydrogens (tertiary/aromatic N) is 2. The van der Waals surface area contributed by atoms with E-state index in [1.165, 1.54) is 34.6 Å². The summed E-state index contributed by atoms with van der Waals surface area (Å²) in [7, 11) is -2.95. The van der Waals surface area contributed by atoms with Crippen molar-refractivity contribution in [1.82, 2.24) is 9.13 Å². The van der Waals surface area contributed by atoms with Crippen LogP contribution in [0.25, 0.3) is 11.4 Å². The van der Waals surface area contributed by atoms with E-state index in [-0.39, 0.29) is 21.7 Å². The van der Waals surface area contributed by atoms with Gasteiger partial charge in [0.1, 0.15) is 0 Å². The predicted octanol–water partition coefficient (Wildman–Crippen LogP) is 10.0. The maximum absolute atomic E-state index is 13.9. The summed E-state index contributed by atoms with van der Waals surface area (Å²) in [5.74, 6) is -2.64. The second-order valence-corrected chi connectivity index (χ2v) is 23.8. The van der Waals surface area contributed by atoms with Crippen molar-refractivity contribution in [3.05, 3.63) is 143 Å². The molecular formula is C40H46F4N2Si2Ti. The van der Waals surface area contributed by atoms with Crippen LogP contribution in [-0.4, -0.2) is 25.3 Å². The van der Waals surface area contributed by atoms with Gasteiger partial charge in [-0.05, 0) is 61.6 Å². The number of aryl methyl sites for hydroxylation is 2. The largest absolute Gasteiger partial charge is 4.00 e. The van der Waals surface area contributed by atoms with Gasteiger partial charge >= 0.3 is 21.7 Å². The number of halogens is 4. The van der Waals surface area contributed by atoms with Crippen molar-refractivity contribution in [2.45, 2.75) is 79.8 Å². The van der Waals surface area contributed by atoms with Gasteiger partial charge in [-0.3, -0.25) is 12.2 Å². The third-order valence-electron chi connectivity index (χ3n) is 7.81. The maximum Gasteiger partial charge on any atom is 4.00 e.